The molecule has 0 amide bonds. The molecule has 0 bridgehead atoms. The first-order valence-electron chi connectivity index (χ1n) is 6.43. The predicted molar refractivity (Wildman–Crippen MR) is 76.9 cm³/mol. The van der Waals surface area contributed by atoms with E-state index < -0.39 is 26.2 Å². The Balaban J connectivity index is 1.88. The van der Waals surface area contributed by atoms with Gasteiger partial charge < -0.3 is 5.21 Å². The first-order chi connectivity index (χ1) is 10.4. The predicted octanol–water partition coefficient (Wildman–Crippen LogP) is 2.14. The van der Waals surface area contributed by atoms with E-state index in [2.05, 4.69) is 0 Å². The van der Waals surface area contributed by atoms with Crippen LogP contribution >= 0.6 is 0 Å². The molecule has 2 aromatic rings. The molecule has 8 heteroatoms. The van der Waals surface area contributed by atoms with Crippen LogP contribution in [0.2, 0.25) is 0 Å². The smallest absolute Gasteiger partial charge is 0.269 e. The van der Waals surface area contributed by atoms with E-state index in [-0.39, 0.29) is 10.6 Å². The van der Waals surface area contributed by atoms with E-state index >= 15 is 0 Å². The number of nitro benzene ring substituents is 1. The van der Waals surface area contributed by atoms with Gasteiger partial charge in [-0.2, -0.15) is 5.06 Å². The van der Waals surface area contributed by atoms with E-state index in [1.165, 1.54) is 36.4 Å². The van der Waals surface area contributed by atoms with E-state index in [1.54, 1.807) is 18.2 Å². The zero-order chi connectivity index (χ0) is 15.9. The summed E-state index contributed by atoms with van der Waals surface area (Å²) in [7, 11) is -3.70. The molecule has 0 spiro atoms. The molecule has 0 saturated carbocycles. The lowest BCUT2D eigenvalue weighted by molar-refractivity contribution is -0.384. The van der Waals surface area contributed by atoms with Gasteiger partial charge in [-0.05, 0) is 17.7 Å². The fourth-order valence-corrected chi connectivity index (χ4v) is 4.15. The highest BCUT2D eigenvalue weighted by Crippen LogP contribution is 2.46. The Bertz CT molecular complexity index is 805. The van der Waals surface area contributed by atoms with E-state index in [0.29, 0.717) is 5.56 Å². The first kappa shape index (κ1) is 14.6. The van der Waals surface area contributed by atoms with Crippen molar-refractivity contribution in [3.05, 3.63) is 70.3 Å². The second kappa shape index (κ2) is 5.16. The molecule has 1 heterocycles. The molecule has 1 aliphatic heterocycles. The van der Waals surface area contributed by atoms with Crippen LogP contribution in [0, 0.1) is 10.1 Å². The summed E-state index contributed by atoms with van der Waals surface area (Å²) < 4.78 is 24.9. The number of hydrogen-bond acceptors (Lipinski definition) is 6. The summed E-state index contributed by atoms with van der Waals surface area (Å²) in [6.07, 6.45) is 0. The summed E-state index contributed by atoms with van der Waals surface area (Å²) in [6, 6.07) is 12.6. The van der Waals surface area contributed by atoms with E-state index in [9.17, 15) is 23.7 Å². The van der Waals surface area contributed by atoms with Crippen molar-refractivity contribution in [1.29, 1.82) is 0 Å². The van der Waals surface area contributed by atoms with Crippen LogP contribution in [0.25, 0.3) is 0 Å². The molecular weight excluding hydrogens is 308 g/mol. The van der Waals surface area contributed by atoms with Crippen molar-refractivity contribution in [2.24, 2.45) is 0 Å². The van der Waals surface area contributed by atoms with Crippen molar-refractivity contribution in [2.75, 3.05) is 0 Å². The molecule has 3 atom stereocenters. The molecule has 3 unspecified atom stereocenters. The molecule has 0 radical (unpaired) electrons. The SMILES string of the molecule is O=[N+]([O-])c1ccc(C2C(S(=O)(=O)c3ccccc3)N2O)cc1. The minimum atomic E-state index is -3.70. The van der Waals surface area contributed by atoms with Crippen LogP contribution in [-0.4, -0.2) is 29.0 Å². The van der Waals surface area contributed by atoms with Gasteiger partial charge in [-0.3, -0.25) is 10.1 Å². The number of non-ortho nitro benzene ring substituents is 1. The quantitative estimate of drug-likeness (QED) is 0.526. The van der Waals surface area contributed by atoms with E-state index in [4.69, 9.17) is 0 Å². The average molecular weight is 320 g/mol. The van der Waals surface area contributed by atoms with Crippen molar-refractivity contribution < 1.29 is 18.5 Å². The first-order valence-corrected chi connectivity index (χ1v) is 7.98. The molecule has 22 heavy (non-hydrogen) atoms. The molecule has 2 aromatic carbocycles. The van der Waals surface area contributed by atoms with Gasteiger partial charge in [0.25, 0.3) is 5.69 Å². The average Bonchev–Trinajstić information content (AvgIpc) is 3.20. The monoisotopic (exact) mass is 320 g/mol. The van der Waals surface area contributed by atoms with Gasteiger partial charge in [0.15, 0.2) is 15.2 Å². The van der Waals surface area contributed by atoms with Crippen LogP contribution in [0.5, 0.6) is 0 Å². The molecule has 1 N–H and O–H groups in total. The summed E-state index contributed by atoms with van der Waals surface area (Å²) in [4.78, 5) is 10.2. The highest BCUT2D eigenvalue weighted by molar-refractivity contribution is 7.92. The third-order valence-electron chi connectivity index (χ3n) is 3.56. The lowest BCUT2D eigenvalue weighted by atomic mass is 10.1. The maximum absolute atomic E-state index is 12.5. The standard InChI is InChI=1S/C14H12N2O5S/c17-15-13(10-6-8-11(9-7-10)16(18)19)14(15)22(20,21)12-4-2-1-3-5-12/h1-9,13-14,17H. The number of nitrogens with zero attached hydrogens (tertiary/aromatic N) is 2. The van der Waals surface area contributed by atoms with Crippen LogP contribution in [0.3, 0.4) is 0 Å². The van der Waals surface area contributed by atoms with Gasteiger partial charge in [0, 0.05) is 12.1 Å². The third kappa shape index (κ3) is 2.37. The normalized spacial score (nSPS) is 24.0. The number of rotatable bonds is 4. The number of benzene rings is 2. The molecular formula is C14H12N2O5S. The van der Waals surface area contributed by atoms with Gasteiger partial charge in [-0.15, -0.1) is 0 Å². The number of sulfone groups is 1. The fourth-order valence-electron chi connectivity index (χ4n) is 2.37. The summed E-state index contributed by atoms with van der Waals surface area (Å²) >= 11 is 0. The molecule has 0 aromatic heterocycles. The van der Waals surface area contributed by atoms with Crippen molar-refractivity contribution in [3.63, 3.8) is 0 Å². The highest BCUT2D eigenvalue weighted by Gasteiger charge is 2.57. The Labute approximate surface area is 126 Å². The highest BCUT2D eigenvalue weighted by atomic mass is 32.2. The van der Waals surface area contributed by atoms with Crippen LogP contribution in [0.1, 0.15) is 11.6 Å². The largest absolute Gasteiger partial charge is 0.312 e. The zero-order valence-electron chi connectivity index (χ0n) is 11.2. The van der Waals surface area contributed by atoms with Gasteiger partial charge in [-0.25, -0.2) is 8.42 Å². The minimum Gasteiger partial charge on any atom is -0.312 e. The molecule has 1 fully saturated rings. The summed E-state index contributed by atoms with van der Waals surface area (Å²) in [5.74, 6) is 0. The fraction of sp³-hybridized carbons (Fsp3) is 0.143. The second-order valence-electron chi connectivity index (χ2n) is 4.92. The second-order valence-corrected chi connectivity index (χ2v) is 6.97. The molecule has 114 valence electrons. The van der Waals surface area contributed by atoms with Crippen LogP contribution in [0.4, 0.5) is 5.69 Å². The topological polar surface area (TPSA) is 101 Å². The van der Waals surface area contributed by atoms with Crippen LogP contribution in [-0.2, 0) is 9.84 Å². The van der Waals surface area contributed by atoms with Gasteiger partial charge in [0.05, 0.1) is 15.9 Å². The molecule has 1 aliphatic rings. The Morgan fingerprint density at radius 2 is 1.64 bits per heavy atom. The molecule has 1 saturated heterocycles. The number of hydroxylamine groups is 2. The van der Waals surface area contributed by atoms with Gasteiger partial charge in [0.1, 0.15) is 0 Å². The summed E-state index contributed by atoms with van der Waals surface area (Å²) in [5, 5.41) is 20.1. The Morgan fingerprint density at radius 3 is 2.18 bits per heavy atom. The zero-order valence-corrected chi connectivity index (χ0v) is 12.1. The Kier molecular flexibility index (Phi) is 3.44. The lowest BCUT2D eigenvalue weighted by Gasteiger charge is -2.01. The van der Waals surface area contributed by atoms with Crippen molar-refractivity contribution in [3.8, 4) is 0 Å². The van der Waals surface area contributed by atoms with Crippen molar-refractivity contribution in [1.82, 2.24) is 5.06 Å². The lowest BCUT2D eigenvalue weighted by Crippen LogP contribution is -2.12. The molecule has 0 aliphatic carbocycles. The third-order valence-corrected chi connectivity index (χ3v) is 5.60. The summed E-state index contributed by atoms with van der Waals surface area (Å²) in [6.45, 7) is 0. The molecule has 3 rings (SSSR count). The van der Waals surface area contributed by atoms with E-state index in [0.717, 1.165) is 5.06 Å². The van der Waals surface area contributed by atoms with E-state index in [1.807, 2.05) is 0 Å². The van der Waals surface area contributed by atoms with Crippen LogP contribution in [0.15, 0.2) is 59.5 Å². The van der Waals surface area contributed by atoms with Crippen molar-refractivity contribution in [2.45, 2.75) is 16.3 Å². The van der Waals surface area contributed by atoms with Gasteiger partial charge in [0.2, 0.25) is 0 Å². The van der Waals surface area contributed by atoms with Crippen LogP contribution < -0.4 is 0 Å². The minimum absolute atomic E-state index is 0.0867. The van der Waals surface area contributed by atoms with Gasteiger partial charge in [-0.1, -0.05) is 30.3 Å². The van der Waals surface area contributed by atoms with Gasteiger partial charge >= 0.3 is 0 Å². The summed E-state index contributed by atoms with van der Waals surface area (Å²) in [5.41, 5.74) is 0.425. The van der Waals surface area contributed by atoms with Crippen molar-refractivity contribution >= 4 is 15.5 Å². The Morgan fingerprint density at radius 1 is 1.05 bits per heavy atom. The number of nitro groups is 1. The Hall–Kier alpha value is -2.29. The maximum Gasteiger partial charge on any atom is 0.269 e. The number of hydrogen-bond donors (Lipinski definition) is 1. The molecule has 7 nitrogen and oxygen atoms in total. The maximum atomic E-state index is 12.5.